The number of imidazole rings is 1. The minimum atomic E-state index is -0.607. The number of hydrogen-bond acceptors (Lipinski definition) is 4. The summed E-state index contributed by atoms with van der Waals surface area (Å²) < 4.78 is 3.63. The lowest BCUT2D eigenvalue weighted by atomic mass is 10.2. The summed E-state index contributed by atoms with van der Waals surface area (Å²) in [7, 11) is 1.86. The summed E-state index contributed by atoms with van der Waals surface area (Å²) in [5.41, 5.74) is 0.781. The summed E-state index contributed by atoms with van der Waals surface area (Å²) in [5.74, 6) is 0.786. The van der Waals surface area contributed by atoms with E-state index in [-0.39, 0.29) is 6.04 Å². The van der Waals surface area contributed by atoms with E-state index in [2.05, 4.69) is 15.1 Å². The molecule has 2 heterocycles. The summed E-state index contributed by atoms with van der Waals surface area (Å²) in [4.78, 5) is 8.17. The Morgan fingerprint density at radius 3 is 2.76 bits per heavy atom. The molecule has 0 aromatic carbocycles. The highest BCUT2D eigenvalue weighted by atomic mass is 16.3. The number of rotatable bonds is 4. The predicted molar refractivity (Wildman–Crippen MR) is 62.3 cm³/mol. The van der Waals surface area contributed by atoms with Crippen LogP contribution in [0.15, 0.2) is 18.9 Å². The van der Waals surface area contributed by atoms with Gasteiger partial charge in [0, 0.05) is 19.5 Å². The molecule has 0 aliphatic heterocycles. The maximum atomic E-state index is 10.1. The van der Waals surface area contributed by atoms with Crippen LogP contribution >= 0.6 is 0 Å². The van der Waals surface area contributed by atoms with Crippen LogP contribution in [0.25, 0.3) is 0 Å². The third-order valence-electron chi connectivity index (χ3n) is 2.71. The van der Waals surface area contributed by atoms with E-state index in [1.54, 1.807) is 17.1 Å². The van der Waals surface area contributed by atoms with E-state index >= 15 is 0 Å². The van der Waals surface area contributed by atoms with Crippen LogP contribution < -0.4 is 0 Å². The van der Waals surface area contributed by atoms with Crippen LogP contribution in [0.5, 0.6) is 0 Å². The molecule has 92 valence electrons. The van der Waals surface area contributed by atoms with Crippen molar-refractivity contribution in [1.29, 1.82) is 0 Å². The van der Waals surface area contributed by atoms with Crippen LogP contribution in [-0.4, -0.2) is 29.4 Å². The Morgan fingerprint density at radius 1 is 1.41 bits per heavy atom. The summed E-state index contributed by atoms with van der Waals surface area (Å²) in [6, 6.07) is 0.242. The molecular formula is C11H17N5O. The fourth-order valence-corrected chi connectivity index (χ4v) is 1.82. The van der Waals surface area contributed by atoms with Gasteiger partial charge in [-0.15, -0.1) is 0 Å². The van der Waals surface area contributed by atoms with Crippen LogP contribution in [-0.2, 0) is 13.5 Å². The molecule has 2 rings (SSSR count). The molecule has 0 aliphatic carbocycles. The fraction of sp³-hybridized carbons (Fsp3) is 0.545. The molecule has 1 atom stereocenters. The van der Waals surface area contributed by atoms with E-state index in [1.807, 2.05) is 25.6 Å². The minimum absolute atomic E-state index is 0.242. The normalized spacial score (nSPS) is 13.2. The predicted octanol–water partition coefficient (Wildman–Crippen LogP) is 0.869. The SMILES string of the molecule is CC(C)n1ncnc1CC(O)c1cncn1C. The van der Waals surface area contributed by atoms with E-state index in [4.69, 9.17) is 0 Å². The van der Waals surface area contributed by atoms with E-state index in [0.717, 1.165) is 11.5 Å². The molecule has 0 saturated carbocycles. The molecule has 2 aromatic heterocycles. The average Bonchev–Trinajstić information content (AvgIpc) is 2.86. The third kappa shape index (κ3) is 2.36. The van der Waals surface area contributed by atoms with Gasteiger partial charge in [0.2, 0.25) is 0 Å². The standard InChI is InChI=1S/C11H17N5O/c1-8(2)16-11(13-6-14-16)4-10(17)9-5-12-7-15(9)3/h5-8,10,17H,4H2,1-3H3. The zero-order valence-electron chi connectivity index (χ0n) is 10.3. The van der Waals surface area contributed by atoms with E-state index in [9.17, 15) is 5.11 Å². The summed E-state index contributed by atoms with van der Waals surface area (Å²) in [5, 5.41) is 14.3. The van der Waals surface area contributed by atoms with Gasteiger partial charge in [-0.1, -0.05) is 0 Å². The molecular weight excluding hydrogens is 218 g/mol. The van der Waals surface area contributed by atoms with Gasteiger partial charge in [-0.05, 0) is 13.8 Å². The van der Waals surface area contributed by atoms with Gasteiger partial charge < -0.3 is 9.67 Å². The molecule has 0 bridgehead atoms. The lowest BCUT2D eigenvalue weighted by Gasteiger charge is -2.13. The Labute approximate surface area is 99.9 Å². The van der Waals surface area contributed by atoms with Crippen LogP contribution in [0.3, 0.4) is 0 Å². The Hall–Kier alpha value is -1.69. The van der Waals surface area contributed by atoms with Crippen molar-refractivity contribution < 1.29 is 5.11 Å². The van der Waals surface area contributed by atoms with Crippen molar-refractivity contribution in [2.24, 2.45) is 7.05 Å². The van der Waals surface area contributed by atoms with Crippen LogP contribution in [0, 0.1) is 0 Å². The van der Waals surface area contributed by atoms with Crippen molar-refractivity contribution in [3.8, 4) is 0 Å². The molecule has 1 unspecified atom stereocenters. The molecule has 0 spiro atoms. The lowest BCUT2D eigenvalue weighted by molar-refractivity contribution is 0.165. The number of aromatic nitrogens is 5. The Kier molecular flexibility index (Phi) is 3.23. The number of aliphatic hydroxyl groups excluding tert-OH is 1. The van der Waals surface area contributed by atoms with Gasteiger partial charge in [0.15, 0.2) is 0 Å². The molecule has 2 aromatic rings. The molecule has 1 N–H and O–H groups in total. The first-order chi connectivity index (χ1) is 8.09. The molecule has 0 saturated heterocycles. The largest absolute Gasteiger partial charge is 0.386 e. The molecule has 0 radical (unpaired) electrons. The first-order valence-electron chi connectivity index (χ1n) is 5.62. The topological polar surface area (TPSA) is 68.8 Å². The first-order valence-corrected chi connectivity index (χ1v) is 5.62. The second-order valence-corrected chi connectivity index (χ2v) is 4.36. The van der Waals surface area contributed by atoms with Crippen molar-refractivity contribution in [2.75, 3.05) is 0 Å². The summed E-state index contributed by atoms with van der Waals surface area (Å²) >= 11 is 0. The lowest BCUT2D eigenvalue weighted by Crippen LogP contribution is -2.13. The highest BCUT2D eigenvalue weighted by Crippen LogP contribution is 2.17. The molecule has 6 heteroatoms. The Balaban J connectivity index is 2.16. The van der Waals surface area contributed by atoms with Crippen molar-refractivity contribution in [1.82, 2.24) is 24.3 Å². The Morgan fingerprint density at radius 2 is 2.18 bits per heavy atom. The smallest absolute Gasteiger partial charge is 0.138 e. The average molecular weight is 235 g/mol. The maximum Gasteiger partial charge on any atom is 0.138 e. The molecule has 0 fully saturated rings. The summed E-state index contributed by atoms with van der Waals surface area (Å²) in [6.07, 6.45) is 4.69. The van der Waals surface area contributed by atoms with E-state index in [0.29, 0.717) is 6.42 Å². The zero-order valence-corrected chi connectivity index (χ0v) is 10.3. The zero-order chi connectivity index (χ0) is 12.4. The summed E-state index contributed by atoms with van der Waals surface area (Å²) in [6.45, 7) is 4.07. The number of aliphatic hydroxyl groups is 1. The van der Waals surface area contributed by atoms with Gasteiger partial charge in [0.25, 0.3) is 0 Å². The number of aryl methyl sites for hydroxylation is 1. The number of nitrogens with zero attached hydrogens (tertiary/aromatic N) is 5. The quantitative estimate of drug-likeness (QED) is 0.853. The highest BCUT2D eigenvalue weighted by molar-refractivity contribution is 5.05. The number of hydrogen-bond donors (Lipinski definition) is 1. The van der Waals surface area contributed by atoms with Crippen molar-refractivity contribution in [2.45, 2.75) is 32.4 Å². The molecule has 6 nitrogen and oxygen atoms in total. The second-order valence-electron chi connectivity index (χ2n) is 4.36. The fourth-order valence-electron chi connectivity index (χ4n) is 1.82. The van der Waals surface area contributed by atoms with Gasteiger partial charge in [-0.2, -0.15) is 5.10 Å². The van der Waals surface area contributed by atoms with Gasteiger partial charge in [-0.25, -0.2) is 14.6 Å². The second kappa shape index (κ2) is 4.67. The molecule has 17 heavy (non-hydrogen) atoms. The van der Waals surface area contributed by atoms with Gasteiger partial charge in [-0.3, -0.25) is 0 Å². The monoisotopic (exact) mass is 235 g/mol. The minimum Gasteiger partial charge on any atom is -0.386 e. The van der Waals surface area contributed by atoms with Crippen LogP contribution in [0.1, 0.15) is 37.5 Å². The van der Waals surface area contributed by atoms with Crippen molar-refractivity contribution in [3.63, 3.8) is 0 Å². The van der Waals surface area contributed by atoms with Gasteiger partial charge in [0.05, 0.1) is 18.2 Å². The van der Waals surface area contributed by atoms with E-state index in [1.165, 1.54) is 6.33 Å². The Bertz CT molecular complexity index is 488. The maximum absolute atomic E-state index is 10.1. The van der Waals surface area contributed by atoms with Gasteiger partial charge >= 0.3 is 0 Å². The van der Waals surface area contributed by atoms with Crippen molar-refractivity contribution in [3.05, 3.63) is 30.4 Å². The van der Waals surface area contributed by atoms with Crippen molar-refractivity contribution >= 4 is 0 Å². The first kappa shape index (κ1) is 11.8. The van der Waals surface area contributed by atoms with Crippen LogP contribution in [0.4, 0.5) is 0 Å². The molecule has 0 aliphatic rings. The highest BCUT2D eigenvalue weighted by Gasteiger charge is 2.16. The van der Waals surface area contributed by atoms with E-state index < -0.39 is 6.10 Å². The van der Waals surface area contributed by atoms with Gasteiger partial charge in [0.1, 0.15) is 18.3 Å². The van der Waals surface area contributed by atoms with Crippen LogP contribution in [0.2, 0.25) is 0 Å². The molecule has 0 amide bonds. The third-order valence-corrected chi connectivity index (χ3v) is 2.71.